The van der Waals surface area contributed by atoms with E-state index in [2.05, 4.69) is 14.7 Å². The number of aromatic nitrogens is 2. The summed E-state index contributed by atoms with van der Waals surface area (Å²) in [6.07, 6.45) is 3.43. The van der Waals surface area contributed by atoms with Crippen LogP contribution in [0.5, 0.6) is 0 Å². The van der Waals surface area contributed by atoms with Crippen molar-refractivity contribution < 1.29 is 4.39 Å². The van der Waals surface area contributed by atoms with Crippen molar-refractivity contribution >= 4 is 22.4 Å². The van der Waals surface area contributed by atoms with Crippen molar-refractivity contribution in [1.82, 2.24) is 9.36 Å². The first kappa shape index (κ1) is 13.5. The van der Waals surface area contributed by atoms with Gasteiger partial charge in [-0.05, 0) is 23.7 Å². The quantitative estimate of drug-likeness (QED) is 0.773. The monoisotopic (exact) mass is 300 g/mol. The number of nitrogens with zero attached hydrogens (tertiary/aromatic N) is 2. The molecule has 3 rings (SSSR count). The van der Waals surface area contributed by atoms with Gasteiger partial charge in [0.15, 0.2) is 0 Å². The van der Waals surface area contributed by atoms with E-state index in [-0.39, 0.29) is 5.82 Å². The number of nitrogens with two attached hydrogens (primary N) is 1. The molecule has 0 spiro atoms. The van der Waals surface area contributed by atoms with Crippen molar-refractivity contribution in [2.24, 2.45) is 0 Å². The Bertz CT molecular complexity index is 742. The van der Waals surface area contributed by atoms with Crippen molar-refractivity contribution in [2.45, 2.75) is 6.54 Å². The molecular weight excluding hydrogens is 287 g/mol. The number of anilines is 2. The largest absolute Gasteiger partial charge is 0.382 e. The molecule has 106 valence electrons. The van der Waals surface area contributed by atoms with Crippen LogP contribution in [0.4, 0.5) is 15.2 Å². The number of pyridine rings is 1. The fourth-order valence-corrected chi connectivity index (χ4v) is 2.76. The highest BCUT2D eigenvalue weighted by Crippen LogP contribution is 2.36. The summed E-state index contributed by atoms with van der Waals surface area (Å²) < 4.78 is 17.8. The fraction of sp³-hybridized carbons (Fsp3) is 0.0667. The Morgan fingerprint density at radius 1 is 1.19 bits per heavy atom. The van der Waals surface area contributed by atoms with Crippen LogP contribution in [-0.2, 0) is 6.54 Å². The average Bonchev–Trinajstić information content (AvgIpc) is 2.88. The Morgan fingerprint density at radius 3 is 2.81 bits per heavy atom. The molecule has 2 heterocycles. The summed E-state index contributed by atoms with van der Waals surface area (Å²) in [7, 11) is 0. The minimum absolute atomic E-state index is 0.231. The minimum atomic E-state index is -0.231. The number of rotatable bonds is 4. The molecule has 0 aliphatic heterocycles. The molecule has 4 nitrogen and oxygen atoms in total. The van der Waals surface area contributed by atoms with E-state index in [1.165, 1.54) is 17.6 Å². The zero-order chi connectivity index (χ0) is 14.7. The van der Waals surface area contributed by atoms with E-state index in [9.17, 15) is 4.39 Å². The maximum Gasteiger partial charge on any atom is 0.147 e. The first-order chi connectivity index (χ1) is 10.3. The van der Waals surface area contributed by atoms with Crippen LogP contribution in [0.25, 0.3) is 11.1 Å². The van der Waals surface area contributed by atoms with Crippen LogP contribution in [0.15, 0.2) is 48.8 Å². The van der Waals surface area contributed by atoms with Crippen molar-refractivity contribution in [1.29, 1.82) is 0 Å². The van der Waals surface area contributed by atoms with Crippen LogP contribution in [0.2, 0.25) is 0 Å². The molecule has 0 saturated heterocycles. The van der Waals surface area contributed by atoms with Gasteiger partial charge >= 0.3 is 0 Å². The molecule has 0 aliphatic carbocycles. The Morgan fingerprint density at radius 2 is 2.05 bits per heavy atom. The number of hydrogen-bond acceptors (Lipinski definition) is 5. The predicted molar refractivity (Wildman–Crippen MR) is 83.5 cm³/mol. The lowest BCUT2D eigenvalue weighted by atomic mass is 10.1. The lowest BCUT2D eigenvalue weighted by Gasteiger charge is -2.08. The molecule has 21 heavy (non-hydrogen) atoms. The van der Waals surface area contributed by atoms with Gasteiger partial charge in [0.1, 0.15) is 16.6 Å². The molecule has 0 saturated carbocycles. The molecule has 0 aliphatic rings. The molecule has 3 N–H and O–H groups in total. The van der Waals surface area contributed by atoms with Gasteiger partial charge in [0.05, 0.1) is 5.56 Å². The fourth-order valence-electron chi connectivity index (χ4n) is 2.03. The third-order valence-electron chi connectivity index (χ3n) is 3.07. The molecule has 0 unspecified atom stereocenters. The van der Waals surface area contributed by atoms with Crippen molar-refractivity contribution in [3.8, 4) is 11.1 Å². The Labute approximate surface area is 125 Å². The van der Waals surface area contributed by atoms with E-state index in [1.54, 1.807) is 24.5 Å². The molecule has 1 aromatic carbocycles. The van der Waals surface area contributed by atoms with Gasteiger partial charge in [-0.3, -0.25) is 4.98 Å². The highest BCUT2D eigenvalue weighted by atomic mass is 32.1. The maximum atomic E-state index is 13.6. The van der Waals surface area contributed by atoms with Crippen LogP contribution < -0.4 is 11.1 Å². The summed E-state index contributed by atoms with van der Waals surface area (Å²) in [5, 5.41) is 4.01. The molecule has 0 bridgehead atoms. The van der Waals surface area contributed by atoms with Crippen molar-refractivity contribution in [2.75, 3.05) is 11.1 Å². The normalized spacial score (nSPS) is 10.5. The van der Waals surface area contributed by atoms with Gasteiger partial charge < -0.3 is 11.1 Å². The summed E-state index contributed by atoms with van der Waals surface area (Å²) in [5.41, 5.74) is 8.23. The highest BCUT2D eigenvalue weighted by molar-refractivity contribution is 7.11. The van der Waals surface area contributed by atoms with Crippen LogP contribution in [0, 0.1) is 5.82 Å². The summed E-state index contributed by atoms with van der Waals surface area (Å²) in [6, 6.07) is 10.4. The minimum Gasteiger partial charge on any atom is -0.382 e. The van der Waals surface area contributed by atoms with Gasteiger partial charge in [-0.2, -0.15) is 4.37 Å². The zero-order valence-electron chi connectivity index (χ0n) is 11.1. The zero-order valence-corrected chi connectivity index (χ0v) is 11.9. The number of benzene rings is 1. The Kier molecular flexibility index (Phi) is 3.79. The van der Waals surface area contributed by atoms with Gasteiger partial charge in [0.2, 0.25) is 0 Å². The smallest absolute Gasteiger partial charge is 0.147 e. The Hall–Kier alpha value is -2.47. The third-order valence-corrected chi connectivity index (χ3v) is 3.88. The second-order valence-corrected chi connectivity index (χ2v) is 5.23. The second-order valence-electron chi connectivity index (χ2n) is 4.46. The molecule has 6 heteroatoms. The maximum absolute atomic E-state index is 13.6. The molecule has 0 atom stereocenters. The van der Waals surface area contributed by atoms with Crippen LogP contribution in [0.3, 0.4) is 0 Å². The van der Waals surface area contributed by atoms with Crippen molar-refractivity contribution in [3.05, 3.63) is 60.2 Å². The van der Waals surface area contributed by atoms with Gasteiger partial charge in [-0.1, -0.05) is 24.3 Å². The van der Waals surface area contributed by atoms with Crippen LogP contribution in [-0.4, -0.2) is 9.36 Å². The van der Waals surface area contributed by atoms with Gasteiger partial charge in [-0.25, -0.2) is 4.39 Å². The Balaban J connectivity index is 1.86. The van der Waals surface area contributed by atoms with Gasteiger partial charge in [0, 0.05) is 30.1 Å². The lowest BCUT2D eigenvalue weighted by Crippen LogP contribution is -2.01. The van der Waals surface area contributed by atoms with Gasteiger partial charge in [-0.15, -0.1) is 0 Å². The molecular formula is C15H13FN4S. The van der Waals surface area contributed by atoms with E-state index in [4.69, 9.17) is 5.73 Å². The lowest BCUT2D eigenvalue weighted by molar-refractivity contribution is 0.613. The highest BCUT2D eigenvalue weighted by Gasteiger charge is 2.14. The SMILES string of the molecule is Nc1nsc(NCc2ccccc2F)c1-c1cccnc1. The molecule has 3 aromatic rings. The summed E-state index contributed by atoms with van der Waals surface area (Å²) in [5.74, 6) is 0.217. The summed E-state index contributed by atoms with van der Waals surface area (Å²) in [4.78, 5) is 4.09. The number of halogens is 1. The average molecular weight is 300 g/mol. The number of hydrogen-bond donors (Lipinski definition) is 2. The van der Waals surface area contributed by atoms with E-state index in [0.29, 0.717) is 17.9 Å². The summed E-state index contributed by atoms with van der Waals surface area (Å²) >= 11 is 1.26. The summed E-state index contributed by atoms with van der Waals surface area (Å²) in [6.45, 7) is 0.377. The van der Waals surface area contributed by atoms with E-state index < -0.39 is 0 Å². The van der Waals surface area contributed by atoms with E-state index in [0.717, 1.165) is 16.1 Å². The first-order valence-corrected chi connectivity index (χ1v) is 7.16. The van der Waals surface area contributed by atoms with Crippen molar-refractivity contribution in [3.63, 3.8) is 0 Å². The topological polar surface area (TPSA) is 63.8 Å². The second kappa shape index (κ2) is 5.88. The molecule has 0 fully saturated rings. The van der Waals surface area contributed by atoms with Crippen LogP contribution >= 0.6 is 11.5 Å². The molecule has 0 amide bonds. The predicted octanol–water partition coefficient (Wildman–Crippen LogP) is 3.54. The van der Waals surface area contributed by atoms with Crippen LogP contribution in [0.1, 0.15) is 5.56 Å². The third kappa shape index (κ3) is 2.85. The standard InChI is InChI=1S/C15H13FN4S/c16-12-6-2-1-4-10(12)9-19-15-13(14(17)20-21-15)11-5-3-7-18-8-11/h1-8,19H,9H2,(H2,17,20). The van der Waals surface area contributed by atoms with E-state index >= 15 is 0 Å². The van der Waals surface area contributed by atoms with Gasteiger partial charge in [0.25, 0.3) is 0 Å². The van der Waals surface area contributed by atoms with E-state index in [1.807, 2.05) is 18.2 Å². The molecule has 2 aromatic heterocycles. The number of nitrogens with one attached hydrogen (secondary N) is 1. The number of nitrogen functional groups attached to an aromatic ring is 1. The first-order valence-electron chi connectivity index (χ1n) is 6.38. The molecule has 0 radical (unpaired) electrons.